The fourth-order valence-electron chi connectivity index (χ4n) is 1.80. The Balaban J connectivity index is 3.31. The van der Waals surface area contributed by atoms with Crippen LogP contribution in [0.15, 0.2) is 0 Å². The second kappa shape index (κ2) is 10.8. The Labute approximate surface area is 121 Å². The molecule has 0 saturated carbocycles. The van der Waals surface area contributed by atoms with E-state index in [4.69, 9.17) is 4.55 Å². The van der Waals surface area contributed by atoms with Crippen LogP contribution in [-0.2, 0) is 19.7 Å². The number of nitrogens with one attached hydrogen (secondary N) is 1. The molecule has 2 N–H and O–H groups in total. The standard InChI is InChI=1S/C13H25NO5S/c1-12(15)9-7-5-3-2-4-6-8-10-13(16)14-11-20(17,18)19/h2-11H2,1H3,(H,14,16)(H,17,18,19). The molecule has 0 aliphatic heterocycles. The van der Waals surface area contributed by atoms with Crippen molar-refractivity contribution in [1.29, 1.82) is 0 Å². The van der Waals surface area contributed by atoms with E-state index in [0.717, 1.165) is 38.5 Å². The van der Waals surface area contributed by atoms with Crippen LogP contribution in [-0.4, -0.2) is 30.5 Å². The number of carbonyl (C=O) groups is 2. The highest BCUT2D eigenvalue weighted by Crippen LogP contribution is 2.09. The molecule has 0 atom stereocenters. The fraction of sp³-hybridized carbons (Fsp3) is 0.846. The number of rotatable bonds is 12. The number of Topliss-reactive ketones (excluding diaryl/α,β-unsaturated/α-hetero) is 1. The third-order valence-electron chi connectivity index (χ3n) is 2.88. The maximum atomic E-state index is 11.2. The predicted octanol–water partition coefficient (Wildman–Crippen LogP) is 2.05. The highest BCUT2D eigenvalue weighted by Gasteiger charge is 2.07. The van der Waals surface area contributed by atoms with Crippen LogP contribution in [0.5, 0.6) is 0 Å². The second-order valence-electron chi connectivity index (χ2n) is 5.00. The van der Waals surface area contributed by atoms with Crippen molar-refractivity contribution in [2.24, 2.45) is 0 Å². The highest BCUT2D eigenvalue weighted by molar-refractivity contribution is 7.85. The average Bonchev–Trinajstić information content (AvgIpc) is 2.33. The summed E-state index contributed by atoms with van der Waals surface area (Å²) < 4.78 is 29.2. The molecular formula is C13H25NO5S. The summed E-state index contributed by atoms with van der Waals surface area (Å²) in [5, 5.41) is 2.14. The van der Waals surface area contributed by atoms with Crippen LogP contribution in [0, 0.1) is 0 Å². The van der Waals surface area contributed by atoms with Gasteiger partial charge in [-0.05, 0) is 19.8 Å². The van der Waals surface area contributed by atoms with Gasteiger partial charge in [0.25, 0.3) is 10.1 Å². The zero-order valence-electron chi connectivity index (χ0n) is 12.1. The lowest BCUT2D eigenvalue weighted by Crippen LogP contribution is -2.28. The summed E-state index contributed by atoms with van der Waals surface area (Å²) in [7, 11) is -4.13. The Kier molecular flexibility index (Phi) is 10.3. The van der Waals surface area contributed by atoms with Gasteiger partial charge < -0.3 is 10.1 Å². The number of amides is 1. The van der Waals surface area contributed by atoms with Gasteiger partial charge in [-0.1, -0.05) is 32.1 Å². The Morgan fingerprint density at radius 3 is 1.80 bits per heavy atom. The maximum Gasteiger partial charge on any atom is 0.283 e. The van der Waals surface area contributed by atoms with Crippen LogP contribution in [0.2, 0.25) is 0 Å². The van der Waals surface area contributed by atoms with E-state index in [1.165, 1.54) is 0 Å². The lowest BCUT2D eigenvalue weighted by molar-refractivity contribution is -0.121. The smallest absolute Gasteiger partial charge is 0.283 e. The van der Waals surface area contributed by atoms with Gasteiger partial charge in [-0.3, -0.25) is 9.35 Å². The van der Waals surface area contributed by atoms with E-state index in [2.05, 4.69) is 5.32 Å². The zero-order valence-corrected chi connectivity index (χ0v) is 12.9. The Hall–Kier alpha value is -0.950. The van der Waals surface area contributed by atoms with Crippen LogP contribution in [0.3, 0.4) is 0 Å². The Bertz CT molecular complexity index is 392. The number of hydrogen-bond acceptors (Lipinski definition) is 4. The van der Waals surface area contributed by atoms with Crippen molar-refractivity contribution in [2.75, 3.05) is 5.88 Å². The molecule has 118 valence electrons. The van der Waals surface area contributed by atoms with Crippen molar-refractivity contribution in [3.05, 3.63) is 0 Å². The molecule has 0 aliphatic carbocycles. The molecule has 0 aliphatic rings. The van der Waals surface area contributed by atoms with Crippen molar-refractivity contribution >= 4 is 21.8 Å². The normalized spacial score (nSPS) is 11.3. The first kappa shape index (κ1) is 19.1. The van der Waals surface area contributed by atoms with Gasteiger partial charge in [0, 0.05) is 12.8 Å². The molecule has 6 nitrogen and oxygen atoms in total. The summed E-state index contributed by atoms with van der Waals surface area (Å²) in [4.78, 5) is 21.9. The quantitative estimate of drug-likeness (QED) is 0.424. The average molecular weight is 307 g/mol. The summed E-state index contributed by atoms with van der Waals surface area (Å²) in [5.74, 6) is -0.841. The molecule has 0 radical (unpaired) electrons. The van der Waals surface area contributed by atoms with E-state index in [9.17, 15) is 18.0 Å². The second-order valence-corrected chi connectivity index (χ2v) is 6.46. The molecular weight excluding hydrogens is 282 g/mol. The molecule has 0 aromatic heterocycles. The van der Waals surface area contributed by atoms with Crippen molar-refractivity contribution in [3.63, 3.8) is 0 Å². The SMILES string of the molecule is CC(=O)CCCCCCCCCC(=O)NCS(=O)(=O)O. The largest absolute Gasteiger partial charge is 0.340 e. The molecule has 0 heterocycles. The molecule has 20 heavy (non-hydrogen) atoms. The molecule has 0 bridgehead atoms. The fourth-order valence-corrected chi connectivity index (χ4v) is 2.15. The van der Waals surface area contributed by atoms with Gasteiger partial charge in [-0.15, -0.1) is 0 Å². The molecule has 0 spiro atoms. The molecule has 1 amide bonds. The zero-order chi connectivity index (χ0) is 15.4. The minimum atomic E-state index is -4.13. The monoisotopic (exact) mass is 307 g/mol. The summed E-state index contributed by atoms with van der Waals surface area (Å²) in [6.45, 7) is 1.60. The first-order chi connectivity index (χ1) is 9.31. The van der Waals surface area contributed by atoms with E-state index >= 15 is 0 Å². The number of ketones is 1. The van der Waals surface area contributed by atoms with Crippen LogP contribution >= 0.6 is 0 Å². The summed E-state index contributed by atoms with van der Waals surface area (Å²) in [5.41, 5.74) is 0. The van der Waals surface area contributed by atoms with Gasteiger partial charge in [0.2, 0.25) is 5.91 Å². The number of carbonyl (C=O) groups excluding carboxylic acids is 2. The first-order valence-electron chi connectivity index (χ1n) is 7.02. The Morgan fingerprint density at radius 1 is 0.900 bits per heavy atom. The number of unbranched alkanes of at least 4 members (excludes halogenated alkanes) is 6. The van der Waals surface area contributed by atoms with E-state index in [0.29, 0.717) is 12.8 Å². The highest BCUT2D eigenvalue weighted by atomic mass is 32.2. The minimum absolute atomic E-state index is 0.237. The Morgan fingerprint density at radius 2 is 1.35 bits per heavy atom. The summed E-state index contributed by atoms with van der Waals surface area (Å²) >= 11 is 0. The van der Waals surface area contributed by atoms with Crippen molar-refractivity contribution in [3.8, 4) is 0 Å². The van der Waals surface area contributed by atoms with E-state index in [-0.39, 0.29) is 18.1 Å². The molecule has 0 rings (SSSR count). The molecule has 0 saturated heterocycles. The third kappa shape index (κ3) is 15.1. The van der Waals surface area contributed by atoms with E-state index in [1.54, 1.807) is 6.92 Å². The predicted molar refractivity (Wildman–Crippen MR) is 76.8 cm³/mol. The van der Waals surface area contributed by atoms with Crippen LogP contribution in [0.4, 0.5) is 0 Å². The van der Waals surface area contributed by atoms with Gasteiger partial charge in [-0.2, -0.15) is 8.42 Å². The molecule has 0 fully saturated rings. The van der Waals surface area contributed by atoms with E-state index in [1.807, 2.05) is 0 Å². The number of hydrogen-bond donors (Lipinski definition) is 2. The lowest BCUT2D eigenvalue weighted by atomic mass is 10.1. The van der Waals surface area contributed by atoms with Gasteiger partial charge in [0.15, 0.2) is 0 Å². The molecule has 0 aromatic carbocycles. The van der Waals surface area contributed by atoms with Crippen molar-refractivity contribution in [1.82, 2.24) is 5.32 Å². The van der Waals surface area contributed by atoms with Crippen LogP contribution in [0.25, 0.3) is 0 Å². The first-order valence-corrected chi connectivity index (χ1v) is 8.63. The van der Waals surface area contributed by atoms with Gasteiger partial charge in [0.05, 0.1) is 0 Å². The van der Waals surface area contributed by atoms with Gasteiger partial charge >= 0.3 is 0 Å². The summed E-state index contributed by atoms with van der Waals surface area (Å²) in [6, 6.07) is 0. The van der Waals surface area contributed by atoms with Crippen LogP contribution in [0.1, 0.15) is 64.7 Å². The third-order valence-corrected chi connectivity index (χ3v) is 3.39. The molecule has 7 heteroatoms. The maximum absolute atomic E-state index is 11.2. The van der Waals surface area contributed by atoms with Crippen LogP contribution < -0.4 is 5.32 Å². The van der Waals surface area contributed by atoms with E-state index < -0.39 is 16.0 Å². The molecule has 0 aromatic rings. The van der Waals surface area contributed by atoms with Gasteiger partial charge in [0.1, 0.15) is 11.7 Å². The summed E-state index contributed by atoms with van der Waals surface area (Å²) in [6.07, 6.45) is 7.81. The van der Waals surface area contributed by atoms with Crippen molar-refractivity contribution in [2.45, 2.75) is 64.7 Å². The topological polar surface area (TPSA) is 101 Å². The lowest BCUT2D eigenvalue weighted by Gasteiger charge is -2.03. The van der Waals surface area contributed by atoms with Gasteiger partial charge in [-0.25, -0.2) is 0 Å². The van der Waals surface area contributed by atoms with Crippen molar-refractivity contribution < 1.29 is 22.6 Å². The molecule has 0 unspecified atom stereocenters. The minimum Gasteiger partial charge on any atom is -0.340 e.